The van der Waals surface area contributed by atoms with E-state index in [0.29, 0.717) is 18.1 Å². The fraction of sp³-hybridized carbons (Fsp3) is 0.778. The number of aromatic nitrogens is 2. The van der Waals surface area contributed by atoms with Crippen LogP contribution in [0.5, 0.6) is 0 Å². The van der Waals surface area contributed by atoms with Crippen LogP contribution in [0.15, 0.2) is 0 Å². The first kappa shape index (κ1) is 16.5. The van der Waals surface area contributed by atoms with Gasteiger partial charge in [0.1, 0.15) is 5.01 Å². The van der Waals surface area contributed by atoms with Crippen LogP contribution in [0.2, 0.25) is 0 Å². The van der Waals surface area contributed by atoms with Crippen molar-refractivity contribution in [3.63, 3.8) is 0 Å². The molecule has 1 aliphatic heterocycles. The predicted molar refractivity (Wildman–Crippen MR) is 96.1 cm³/mol. The van der Waals surface area contributed by atoms with Crippen LogP contribution in [0.4, 0.5) is 9.93 Å². The van der Waals surface area contributed by atoms with E-state index in [-0.39, 0.29) is 18.0 Å². The molecule has 2 N–H and O–H groups in total. The van der Waals surface area contributed by atoms with E-state index in [2.05, 4.69) is 15.5 Å². The molecule has 5 fully saturated rings. The quantitative estimate of drug-likeness (QED) is 0.846. The summed E-state index contributed by atoms with van der Waals surface area (Å²) in [5.41, 5.74) is 0.192. The molecule has 4 bridgehead atoms. The molecule has 0 radical (unpaired) electrons. The van der Waals surface area contributed by atoms with Gasteiger partial charge in [0.25, 0.3) is 0 Å². The lowest BCUT2D eigenvalue weighted by Crippen LogP contribution is -2.48. The molecule has 140 valence electrons. The van der Waals surface area contributed by atoms with Crippen molar-refractivity contribution in [1.82, 2.24) is 15.1 Å². The van der Waals surface area contributed by atoms with Crippen molar-refractivity contribution in [3.05, 3.63) is 5.01 Å². The Bertz CT molecular complexity index is 713. The average Bonchev–Trinajstić information content (AvgIpc) is 3.23. The summed E-state index contributed by atoms with van der Waals surface area (Å²) in [5.74, 6) is 1.25. The zero-order chi connectivity index (χ0) is 17.9. The molecule has 2 amide bonds. The minimum Gasteiger partial charge on any atom is -0.481 e. The van der Waals surface area contributed by atoms with E-state index < -0.39 is 11.9 Å². The first-order valence-corrected chi connectivity index (χ1v) is 10.4. The summed E-state index contributed by atoms with van der Waals surface area (Å²) in [7, 11) is 0. The predicted octanol–water partition coefficient (Wildman–Crippen LogP) is 2.94. The highest BCUT2D eigenvalue weighted by Crippen LogP contribution is 2.61. The minimum absolute atomic E-state index is 0.192. The van der Waals surface area contributed by atoms with Gasteiger partial charge in [-0.1, -0.05) is 11.3 Å². The summed E-state index contributed by atoms with van der Waals surface area (Å²) >= 11 is 1.52. The number of anilines is 1. The van der Waals surface area contributed by atoms with Crippen LogP contribution in [0, 0.1) is 23.7 Å². The number of likely N-dealkylation sites (tertiary alicyclic amines) is 1. The fourth-order valence-electron chi connectivity index (χ4n) is 6.18. The standard InChI is InChI=1S/C18H24N4O3S/c23-14(24)13-1-2-22(9-13)17(25)19-16-21-20-15(26-16)18-6-10-3-11(7-18)5-12(4-10)8-18/h10-13H,1-9H2,(H,23,24)(H,19,21,25). The second-order valence-electron chi connectivity index (χ2n) is 8.81. The molecular formula is C18H24N4O3S. The molecule has 1 aromatic rings. The van der Waals surface area contributed by atoms with E-state index in [1.807, 2.05) is 0 Å². The normalized spacial score (nSPS) is 37.9. The number of hydrogen-bond donors (Lipinski definition) is 2. The molecule has 2 heterocycles. The number of nitrogens with one attached hydrogen (secondary N) is 1. The summed E-state index contributed by atoms with van der Waals surface area (Å²) in [6, 6.07) is -0.262. The number of hydrogen-bond acceptors (Lipinski definition) is 5. The summed E-state index contributed by atoms with van der Waals surface area (Å²) < 4.78 is 0. The second-order valence-corrected chi connectivity index (χ2v) is 9.79. The lowest BCUT2D eigenvalue weighted by atomic mass is 9.50. The van der Waals surface area contributed by atoms with Gasteiger partial charge in [0.05, 0.1) is 5.92 Å². The topological polar surface area (TPSA) is 95.4 Å². The Morgan fingerprint density at radius 2 is 1.77 bits per heavy atom. The SMILES string of the molecule is O=C(O)C1CCN(C(=O)Nc2nnc(C34CC5CC(CC(C5)C3)C4)s2)C1. The molecule has 1 unspecified atom stereocenters. The number of carboxylic acid groups (broad SMARTS) is 1. The maximum Gasteiger partial charge on any atom is 0.323 e. The lowest BCUT2D eigenvalue weighted by molar-refractivity contribution is -0.141. The van der Waals surface area contributed by atoms with E-state index in [0.717, 1.165) is 22.8 Å². The van der Waals surface area contributed by atoms with Gasteiger partial charge in [-0.3, -0.25) is 10.1 Å². The highest BCUT2D eigenvalue weighted by Gasteiger charge is 2.53. The van der Waals surface area contributed by atoms with Crippen molar-refractivity contribution in [3.8, 4) is 0 Å². The number of nitrogens with zero attached hydrogens (tertiary/aromatic N) is 3. The Balaban J connectivity index is 1.28. The van der Waals surface area contributed by atoms with Gasteiger partial charge in [0.15, 0.2) is 0 Å². The molecule has 5 aliphatic rings. The van der Waals surface area contributed by atoms with Gasteiger partial charge in [-0.05, 0) is 62.7 Å². The van der Waals surface area contributed by atoms with Crippen molar-refractivity contribution in [2.24, 2.45) is 23.7 Å². The van der Waals surface area contributed by atoms with Gasteiger partial charge in [0.2, 0.25) is 5.13 Å². The number of amides is 2. The van der Waals surface area contributed by atoms with Gasteiger partial charge in [0, 0.05) is 18.5 Å². The van der Waals surface area contributed by atoms with Crippen molar-refractivity contribution in [1.29, 1.82) is 0 Å². The van der Waals surface area contributed by atoms with Crippen molar-refractivity contribution in [2.75, 3.05) is 18.4 Å². The zero-order valence-corrected chi connectivity index (χ0v) is 15.5. The summed E-state index contributed by atoms with van der Waals surface area (Å²) in [4.78, 5) is 25.0. The molecule has 4 saturated carbocycles. The van der Waals surface area contributed by atoms with Gasteiger partial charge in [-0.25, -0.2) is 4.79 Å². The second kappa shape index (κ2) is 5.90. The number of urea groups is 1. The number of rotatable bonds is 3. The maximum absolute atomic E-state index is 12.4. The number of carbonyl (C=O) groups is 2. The molecule has 4 aliphatic carbocycles. The third-order valence-electron chi connectivity index (χ3n) is 6.96. The molecule has 6 rings (SSSR count). The van der Waals surface area contributed by atoms with E-state index >= 15 is 0 Å². The van der Waals surface area contributed by atoms with Crippen LogP contribution in [0.25, 0.3) is 0 Å². The molecule has 0 aromatic carbocycles. The number of carboxylic acids is 1. The Labute approximate surface area is 156 Å². The van der Waals surface area contributed by atoms with Gasteiger partial charge in [-0.2, -0.15) is 0 Å². The number of carbonyl (C=O) groups excluding carboxylic acids is 1. The van der Waals surface area contributed by atoms with E-state index in [9.17, 15) is 9.59 Å². The van der Waals surface area contributed by atoms with Crippen LogP contribution in [0.3, 0.4) is 0 Å². The molecule has 1 aromatic heterocycles. The van der Waals surface area contributed by atoms with Crippen molar-refractivity contribution in [2.45, 2.75) is 50.4 Å². The first-order chi connectivity index (χ1) is 12.5. The van der Waals surface area contributed by atoms with E-state index in [1.165, 1.54) is 49.9 Å². The summed E-state index contributed by atoms with van der Waals surface area (Å²) in [6.45, 7) is 0.741. The van der Waals surface area contributed by atoms with Crippen LogP contribution in [-0.4, -0.2) is 45.3 Å². The molecule has 7 nitrogen and oxygen atoms in total. The first-order valence-electron chi connectivity index (χ1n) is 9.63. The maximum atomic E-state index is 12.4. The van der Waals surface area contributed by atoms with Crippen LogP contribution in [-0.2, 0) is 10.2 Å². The van der Waals surface area contributed by atoms with Gasteiger partial charge in [-0.15, -0.1) is 10.2 Å². The molecule has 8 heteroatoms. The fourth-order valence-corrected chi connectivity index (χ4v) is 7.13. The highest BCUT2D eigenvalue weighted by molar-refractivity contribution is 7.15. The Morgan fingerprint density at radius 1 is 1.12 bits per heavy atom. The lowest BCUT2D eigenvalue weighted by Gasteiger charge is -2.55. The van der Waals surface area contributed by atoms with Crippen LogP contribution in [0.1, 0.15) is 50.0 Å². The number of aliphatic carboxylic acids is 1. The van der Waals surface area contributed by atoms with Crippen LogP contribution < -0.4 is 5.32 Å². The Morgan fingerprint density at radius 3 is 2.35 bits per heavy atom. The summed E-state index contributed by atoms with van der Waals surface area (Å²) in [5, 5.41) is 22.3. The van der Waals surface area contributed by atoms with E-state index in [4.69, 9.17) is 5.11 Å². The Kier molecular flexibility index (Phi) is 3.74. The smallest absolute Gasteiger partial charge is 0.323 e. The monoisotopic (exact) mass is 376 g/mol. The molecule has 0 spiro atoms. The van der Waals surface area contributed by atoms with Crippen molar-refractivity contribution >= 4 is 28.5 Å². The minimum atomic E-state index is -0.833. The van der Waals surface area contributed by atoms with E-state index in [1.54, 1.807) is 4.90 Å². The highest BCUT2D eigenvalue weighted by atomic mass is 32.1. The molecule has 26 heavy (non-hydrogen) atoms. The molecular weight excluding hydrogens is 352 g/mol. The zero-order valence-electron chi connectivity index (χ0n) is 14.7. The van der Waals surface area contributed by atoms with Crippen molar-refractivity contribution < 1.29 is 14.7 Å². The van der Waals surface area contributed by atoms with Gasteiger partial charge >= 0.3 is 12.0 Å². The Hall–Kier alpha value is -1.70. The third kappa shape index (κ3) is 2.69. The van der Waals surface area contributed by atoms with Crippen LogP contribution >= 0.6 is 11.3 Å². The molecule has 1 saturated heterocycles. The van der Waals surface area contributed by atoms with Gasteiger partial charge < -0.3 is 10.0 Å². The molecule has 1 atom stereocenters. The summed E-state index contributed by atoms with van der Waals surface area (Å²) in [6.07, 6.45) is 8.37. The third-order valence-corrected chi connectivity index (χ3v) is 8.04. The largest absolute Gasteiger partial charge is 0.481 e. The average molecular weight is 376 g/mol.